The molecule has 1 aliphatic carbocycles. The number of allylic oxidation sites excluding steroid dienone is 3. The van der Waals surface area contributed by atoms with Crippen LogP contribution < -0.4 is 5.32 Å². The summed E-state index contributed by atoms with van der Waals surface area (Å²) in [6, 6.07) is 0. The Bertz CT molecular complexity index is 243. The summed E-state index contributed by atoms with van der Waals surface area (Å²) in [5.41, 5.74) is 1.79. The van der Waals surface area contributed by atoms with Crippen LogP contribution in [0.2, 0.25) is 0 Å². The fourth-order valence-electron chi connectivity index (χ4n) is 1.96. The number of nitrogens with one attached hydrogen (secondary N) is 1. The van der Waals surface area contributed by atoms with E-state index in [0.29, 0.717) is 0 Å². The topological polar surface area (TPSA) is 12.0 Å². The molecule has 0 bridgehead atoms. The number of hydrogen-bond donors (Lipinski definition) is 1. The quantitative estimate of drug-likeness (QED) is 0.701. The third kappa shape index (κ3) is 6.84. The normalized spacial score (nSPS) is 18.6. The average Bonchev–Trinajstić information content (AvgIpc) is 2.44. The highest BCUT2D eigenvalue weighted by Crippen LogP contribution is 2.17. The molecule has 0 aromatic heterocycles. The van der Waals surface area contributed by atoms with Crippen molar-refractivity contribution in [1.29, 1.82) is 0 Å². The second kappa shape index (κ2) is 6.90. The van der Waals surface area contributed by atoms with Gasteiger partial charge in [0.25, 0.3) is 0 Å². The summed E-state index contributed by atoms with van der Waals surface area (Å²) >= 11 is 0. The molecule has 92 valence electrons. The molecule has 0 spiro atoms. The largest absolute Gasteiger partial charge is 0.312 e. The zero-order valence-electron chi connectivity index (χ0n) is 11.2. The Morgan fingerprint density at radius 1 is 1.25 bits per heavy atom. The van der Waals surface area contributed by atoms with Gasteiger partial charge >= 0.3 is 0 Å². The van der Waals surface area contributed by atoms with Crippen molar-refractivity contribution in [2.75, 3.05) is 6.54 Å². The van der Waals surface area contributed by atoms with Crippen LogP contribution in [0.4, 0.5) is 0 Å². The van der Waals surface area contributed by atoms with E-state index in [1.807, 2.05) is 0 Å². The molecule has 0 aromatic rings. The summed E-state index contributed by atoms with van der Waals surface area (Å²) in [6.07, 6.45) is 14.9. The van der Waals surface area contributed by atoms with E-state index in [1.165, 1.54) is 32.1 Å². The molecule has 1 aliphatic rings. The zero-order valence-corrected chi connectivity index (χ0v) is 11.2. The van der Waals surface area contributed by atoms with Crippen LogP contribution in [0, 0.1) is 0 Å². The maximum Gasteiger partial charge on any atom is 0.00966 e. The number of rotatable bonds is 4. The summed E-state index contributed by atoms with van der Waals surface area (Å²) in [7, 11) is 0. The van der Waals surface area contributed by atoms with Gasteiger partial charge in [0.15, 0.2) is 0 Å². The third-order valence-electron chi connectivity index (χ3n) is 2.87. The first-order valence-corrected chi connectivity index (χ1v) is 6.68. The minimum atomic E-state index is 0.245. The van der Waals surface area contributed by atoms with Crippen molar-refractivity contribution < 1.29 is 0 Å². The summed E-state index contributed by atoms with van der Waals surface area (Å²) in [6.45, 7) is 7.72. The van der Waals surface area contributed by atoms with E-state index in [9.17, 15) is 0 Å². The first kappa shape index (κ1) is 13.5. The van der Waals surface area contributed by atoms with Gasteiger partial charge in [0.2, 0.25) is 0 Å². The highest BCUT2D eigenvalue weighted by Gasteiger charge is 2.06. The van der Waals surface area contributed by atoms with E-state index in [2.05, 4.69) is 44.3 Å². The van der Waals surface area contributed by atoms with Gasteiger partial charge in [-0.15, -0.1) is 0 Å². The fourth-order valence-corrected chi connectivity index (χ4v) is 1.96. The molecular formula is C15H27N. The van der Waals surface area contributed by atoms with Crippen molar-refractivity contribution in [3.63, 3.8) is 0 Å². The van der Waals surface area contributed by atoms with E-state index in [0.717, 1.165) is 13.0 Å². The minimum absolute atomic E-state index is 0.245. The lowest BCUT2D eigenvalue weighted by atomic mass is 10.1. The Morgan fingerprint density at radius 3 is 2.81 bits per heavy atom. The lowest BCUT2D eigenvalue weighted by Crippen LogP contribution is -2.36. The van der Waals surface area contributed by atoms with Crippen molar-refractivity contribution in [1.82, 2.24) is 5.32 Å². The van der Waals surface area contributed by atoms with Gasteiger partial charge in [-0.1, -0.05) is 30.2 Å². The Labute approximate surface area is 101 Å². The van der Waals surface area contributed by atoms with Crippen LogP contribution in [0.15, 0.2) is 23.8 Å². The zero-order chi connectivity index (χ0) is 11.9. The predicted molar refractivity (Wildman–Crippen MR) is 72.7 cm³/mol. The van der Waals surface area contributed by atoms with Crippen LogP contribution in [0.3, 0.4) is 0 Å². The number of hydrogen-bond acceptors (Lipinski definition) is 1. The molecule has 0 heterocycles. The van der Waals surface area contributed by atoms with E-state index in [4.69, 9.17) is 0 Å². The van der Waals surface area contributed by atoms with Gasteiger partial charge in [0.05, 0.1) is 0 Å². The Hall–Kier alpha value is -0.560. The second-order valence-corrected chi connectivity index (χ2v) is 5.75. The van der Waals surface area contributed by atoms with Crippen LogP contribution in [0.25, 0.3) is 0 Å². The lowest BCUT2D eigenvalue weighted by Gasteiger charge is -2.19. The maximum atomic E-state index is 3.50. The molecule has 0 saturated heterocycles. The SMILES string of the molecule is CC(C)(C)NCC/C=C/C1=CCCCCC1. The molecule has 0 amide bonds. The molecule has 16 heavy (non-hydrogen) atoms. The van der Waals surface area contributed by atoms with Crippen molar-refractivity contribution >= 4 is 0 Å². The molecule has 1 rings (SSSR count). The molecule has 1 N–H and O–H groups in total. The van der Waals surface area contributed by atoms with Crippen LogP contribution in [-0.2, 0) is 0 Å². The molecule has 0 radical (unpaired) electrons. The van der Waals surface area contributed by atoms with E-state index in [1.54, 1.807) is 5.57 Å². The maximum absolute atomic E-state index is 3.50. The Kier molecular flexibility index (Phi) is 5.83. The van der Waals surface area contributed by atoms with Gasteiger partial charge in [-0.05, 0) is 59.4 Å². The van der Waals surface area contributed by atoms with Crippen LogP contribution in [0.5, 0.6) is 0 Å². The smallest absolute Gasteiger partial charge is 0.00966 e. The van der Waals surface area contributed by atoms with Crippen molar-refractivity contribution in [2.24, 2.45) is 0 Å². The first-order valence-electron chi connectivity index (χ1n) is 6.68. The monoisotopic (exact) mass is 221 g/mol. The summed E-state index contributed by atoms with van der Waals surface area (Å²) in [4.78, 5) is 0. The Morgan fingerprint density at radius 2 is 2.06 bits per heavy atom. The van der Waals surface area contributed by atoms with E-state index < -0.39 is 0 Å². The molecule has 0 atom stereocenters. The van der Waals surface area contributed by atoms with E-state index >= 15 is 0 Å². The predicted octanol–water partition coefficient (Wildman–Crippen LogP) is 4.21. The van der Waals surface area contributed by atoms with Crippen LogP contribution in [0.1, 0.15) is 59.3 Å². The van der Waals surface area contributed by atoms with Crippen molar-refractivity contribution in [2.45, 2.75) is 64.8 Å². The molecule has 1 nitrogen and oxygen atoms in total. The van der Waals surface area contributed by atoms with Gasteiger partial charge in [-0.2, -0.15) is 0 Å². The van der Waals surface area contributed by atoms with Gasteiger partial charge in [-0.3, -0.25) is 0 Å². The van der Waals surface area contributed by atoms with Crippen molar-refractivity contribution in [3.05, 3.63) is 23.8 Å². The molecule has 0 saturated carbocycles. The van der Waals surface area contributed by atoms with Gasteiger partial charge in [0, 0.05) is 5.54 Å². The average molecular weight is 221 g/mol. The molecule has 0 fully saturated rings. The molecule has 0 aliphatic heterocycles. The van der Waals surface area contributed by atoms with Gasteiger partial charge in [-0.25, -0.2) is 0 Å². The lowest BCUT2D eigenvalue weighted by molar-refractivity contribution is 0.431. The standard InChI is InChI=1S/C15H27N/c1-15(2,3)16-13-9-8-12-14-10-6-4-5-7-11-14/h8,10,12,16H,4-7,9,11,13H2,1-3H3/b12-8+. The molecule has 0 aromatic carbocycles. The fraction of sp³-hybridized carbons (Fsp3) is 0.733. The molecular weight excluding hydrogens is 194 g/mol. The summed E-state index contributed by atoms with van der Waals surface area (Å²) in [5, 5.41) is 3.50. The van der Waals surface area contributed by atoms with Gasteiger partial charge < -0.3 is 5.32 Å². The molecule has 0 unspecified atom stereocenters. The minimum Gasteiger partial charge on any atom is -0.312 e. The Balaban J connectivity index is 2.18. The molecule has 1 heteroatoms. The first-order chi connectivity index (χ1) is 7.58. The summed E-state index contributed by atoms with van der Waals surface area (Å²) in [5.74, 6) is 0. The van der Waals surface area contributed by atoms with Gasteiger partial charge in [0.1, 0.15) is 0 Å². The van der Waals surface area contributed by atoms with Crippen LogP contribution >= 0.6 is 0 Å². The third-order valence-corrected chi connectivity index (χ3v) is 2.87. The highest BCUT2D eigenvalue weighted by atomic mass is 14.9. The summed E-state index contributed by atoms with van der Waals surface area (Å²) < 4.78 is 0. The highest BCUT2D eigenvalue weighted by molar-refractivity contribution is 5.19. The van der Waals surface area contributed by atoms with Crippen LogP contribution in [-0.4, -0.2) is 12.1 Å². The van der Waals surface area contributed by atoms with Crippen molar-refractivity contribution in [3.8, 4) is 0 Å². The second-order valence-electron chi connectivity index (χ2n) is 5.75. The van der Waals surface area contributed by atoms with E-state index in [-0.39, 0.29) is 5.54 Å².